The molecule has 7 heteroatoms. The second-order valence-corrected chi connectivity index (χ2v) is 5.45. The van der Waals surface area contributed by atoms with Gasteiger partial charge in [-0.1, -0.05) is 30.3 Å². The highest BCUT2D eigenvalue weighted by Crippen LogP contribution is 2.17. The maximum atomic E-state index is 11.7. The van der Waals surface area contributed by atoms with E-state index in [1.54, 1.807) is 12.3 Å². The van der Waals surface area contributed by atoms with E-state index in [-0.39, 0.29) is 6.61 Å². The minimum absolute atomic E-state index is 0.175. The van der Waals surface area contributed by atoms with Crippen LogP contribution < -0.4 is 5.32 Å². The van der Waals surface area contributed by atoms with Crippen molar-refractivity contribution < 1.29 is 19.0 Å². The molecule has 1 amide bonds. The zero-order valence-corrected chi connectivity index (χ0v) is 14.8. The highest BCUT2D eigenvalue weighted by Gasteiger charge is 2.04. The van der Waals surface area contributed by atoms with Crippen LogP contribution in [0.3, 0.4) is 0 Å². The van der Waals surface area contributed by atoms with E-state index >= 15 is 0 Å². The molecule has 2 rings (SSSR count). The zero-order valence-electron chi connectivity index (χ0n) is 13.9. The molecule has 0 atom stereocenters. The lowest BCUT2D eigenvalue weighted by molar-refractivity contribution is 0.0340. The fourth-order valence-corrected chi connectivity index (χ4v) is 2.11. The van der Waals surface area contributed by atoms with E-state index in [4.69, 9.17) is 14.2 Å². The molecule has 0 spiro atoms. The van der Waals surface area contributed by atoms with Crippen LogP contribution in [-0.2, 0) is 14.2 Å². The number of hydrogen-bond donors (Lipinski definition) is 2. The number of pyridine rings is 1. The average Bonchev–Trinajstić information content (AvgIpc) is 2.65. The standard InChI is InChI=1S/C18H22N2O4S/c21-18(24-11-10-22-8-9-23-12-13-25)20-16-6-7-17(19-14-16)15-4-2-1-3-5-15/h1-7,14,25H,8-13H2,(H,20,21). The van der Waals surface area contributed by atoms with Crippen LogP contribution in [0.25, 0.3) is 11.3 Å². The minimum Gasteiger partial charge on any atom is -0.447 e. The van der Waals surface area contributed by atoms with E-state index in [1.807, 2.05) is 36.4 Å². The number of nitrogens with zero attached hydrogens (tertiary/aromatic N) is 1. The molecule has 0 aliphatic rings. The third-order valence-corrected chi connectivity index (χ3v) is 3.33. The van der Waals surface area contributed by atoms with Gasteiger partial charge in [-0.3, -0.25) is 10.3 Å². The maximum Gasteiger partial charge on any atom is 0.411 e. The van der Waals surface area contributed by atoms with E-state index in [9.17, 15) is 4.79 Å². The number of ether oxygens (including phenoxy) is 3. The minimum atomic E-state index is -0.538. The first kappa shape index (κ1) is 19.2. The maximum absolute atomic E-state index is 11.7. The first-order valence-corrected chi connectivity index (χ1v) is 8.64. The third kappa shape index (κ3) is 7.55. The Morgan fingerprint density at radius 2 is 1.68 bits per heavy atom. The summed E-state index contributed by atoms with van der Waals surface area (Å²) in [5.41, 5.74) is 2.44. The molecular weight excluding hydrogens is 340 g/mol. The van der Waals surface area contributed by atoms with Gasteiger partial charge in [0.05, 0.1) is 44.0 Å². The van der Waals surface area contributed by atoms with Gasteiger partial charge in [0.2, 0.25) is 0 Å². The Morgan fingerprint density at radius 1 is 0.960 bits per heavy atom. The number of thiol groups is 1. The summed E-state index contributed by atoms with van der Waals surface area (Å²) in [5.74, 6) is 0.685. The normalized spacial score (nSPS) is 10.4. The van der Waals surface area contributed by atoms with Crippen molar-refractivity contribution in [2.75, 3.05) is 44.1 Å². The number of benzene rings is 1. The lowest BCUT2D eigenvalue weighted by Crippen LogP contribution is -2.17. The van der Waals surface area contributed by atoms with Gasteiger partial charge in [0.15, 0.2) is 0 Å². The number of carbonyl (C=O) groups excluding carboxylic acids is 1. The molecule has 0 aliphatic heterocycles. The Balaban J connectivity index is 1.64. The molecule has 0 bridgehead atoms. The summed E-state index contributed by atoms with van der Waals surface area (Å²) in [4.78, 5) is 16.0. The van der Waals surface area contributed by atoms with Crippen molar-refractivity contribution in [3.63, 3.8) is 0 Å². The van der Waals surface area contributed by atoms with Gasteiger partial charge in [-0.05, 0) is 12.1 Å². The fourth-order valence-electron chi connectivity index (χ4n) is 1.98. The van der Waals surface area contributed by atoms with Gasteiger partial charge in [0, 0.05) is 11.3 Å². The number of rotatable bonds is 10. The Morgan fingerprint density at radius 3 is 2.36 bits per heavy atom. The van der Waals surface area contributed by atoms with Crippen LogP contribution in [0.15, 0.2) is 48.7 Å². The van der Waals surface area contributed by atoms with E-state index in [2.05, 4.69) is 22.9 Å². The van der Waals surface area contributed by atoms with Crippen LogP contribution in [0.4, 0.5) is 10.5 Å². The third-order valence-electron chi connectivity index (χ3n) is 3.15. The number of aromatic nitrogens is 1. The summed E-state index contributed by atoms with van der Waals surface area (Å²) in [7, 11) is 0. The number of nitrogens with one attached hydrogen (secondary N) is 1. The summed E-state index contributed by atoms with van der Waals surface area (Å²) in [6.45, 7) is 2.06. The molecule has 0 saturated carbocycles. The summed E-state index contributed by atoms with van der Waals surface area (Å²) < 4.78 is 15.5. The largest absolute Gasteiger partial charge is 0.447 e. The molecule has 0 radical (unpaired) electrons. The van der Waals surface area contributed by atoms with Crippen molar-refractivity contribution in [3.05, 3.63) is 48.7 Å². The molecule has 6 nitrogen and oxygen atoms in total. The van der Waals surface area contributed by atoms with Crippen LogP contribution in [0.1, 0.15) is 0 Å². The summed E-state index contributed by atoms with van der Waals surface area (Å²) in [6.07, 6.45) is 1.06. The van der Waals surface area contributed by atoms with E-state index < -0.39 is 6.09 Å². The van der Waals surface area contributed by atoms with Gasteiger partial charge in [-0.2, -0.15) is 12.6 Å². The van der Waals surface area contributed by atoms with Crippen molar-refractivity contribution in [2.24, 2.45) is 0 Å². The van der Waals surface area contributed by atoms with Crippen molar-refractivity contribution in [3.8, 4) is 11.3 Å². The quantitative estimate of drug-likeness (QED) is 0.501. The molecule has 2 aromatic rings. The zero-order chi connectivity index (χ0) is 17.7. The number of amides is 1. The molecule has 25 heavy (non-hydrogen) atoms. The molecule has 1 aromatic carbocycles. The van der Waals surface area contributed by atoms with Crippen LogP contribution in [0.2, 0.25) is 0 Å². The second kappa shape index (κ2) is 11.5. The Hall–Kier alpha value is -2.09. The van der Waals surface area contributed by atoms with Gasteiger partial charge >= 0.3 is 6.09 Å². The molecule has 1 N–H and O–H groups in total. The van der Waals surface area contributed by atoms with Crippen LogP contribution in [0, 0.1) is 0 Å². The van der Waals surface area contributed by atoms with Crippen molar-refractivity contribution in [1.82, 2.24) is 4.98 Å². The number of hydrogen-bond acceptors (Lipinski definition) is 6. The lowest BCUT2D eigenvalue weighted by atomic mass is 10.1. The van der Waals surface area contributed by atoms with Crippen molar-refractivity contribution in [2.45, 2.75) is 0 Å². The van der Waals surface area contributed by atoms with Crippen LogP contribution in [0.5, 0.6) is 0 Å². The average molecular weight is 362 g/mol. The predicted molar refractivity (Wildman–Crippen MR) is 100 cm³/mol. The number of carbonyl (C=O) groups is 1. The van der Waals surface area contributed by atoms with Crippen molar-refractivity contribution >= 4 is 24.4 Å². The Kier molecular flexibility index (Phi) is 8.82. The SMILES string of the molecule is O=C(Nc1ccc(-c2ccccc2)nc1)OCCOCCOCCS. The fraction of sp³-hybridized carbons (Fsp3) is 0.333. The first-order valence-electron chi connectivity index (χ1n) is 8.01. The molecule has 1 aromatic heterocycles. The molecule has 1 heterocycles. The molecule has 0 fully saturated rings. The lowest BCUT2D eigenvalue weighted by Gasteiger charge is -2.08. The predicted octanol–water partition coefficient (Wildman–Crippen LogP) is 3.26. The van der Waals surface area contributed by atoms with Gasteiger partial charge in [0.1, 0.15) is 6.61 Å². The van der Waals surface area contributed by atoms with Crippen molar-refractivity contribution in [1.29, 1.82) is 0 Å². The highest BCUT2D eigenvalue weighted by atomic mass is 32.1. The van der Waals surface area contributed by atoms with Crippen LogP contribution in [-0.4, -0.2) is 49.9 Å². The number of anilines is 1. The smallest absolute Gasteiger partial charge is 0.411 e. The summed E-state index contributed by atoms with van der Waals surface area (Å²) >= 11 is 4.03. The van der Waals surface area contributed by atoms with Gasteiger partial charge in [0.25, 0.3) is 0 Å². The molecular formula is C18H22N2O4S. The second-order valence-electron chi connectivity index (χ2n) is 5.01. The van der Waals surface area contributed by atoms with Gasteiger partial charge in [-0.25, -0.2) is 4.79 Å². The first-order chi connectivity index (χ1) is 12.3. The summed E-state index contributed by atoms with van der Waals surface area (Å²) in [5, 5.41) is 2.63. The van der Waals surface area contributed by atoms with E-state index in [1.165, 1.54) is 0 Å². The molecule has 134 valence electrons. The topological polar surface area (TPSA) is 69.7 Å². The molecule has 0 unspecified atom stereocenters. The van der Waals surface area contributed by atoms with Gasteiger partial charge < -0.3 is 14.2 Å². The highest BCUT2D eigenvalue weighted by molar-refractivity contribution is 7.80. The summed E-state index contributed by atoms with van der Waals surface area (Å²) in [6, 6.07) is 13.4. The monoisotopic (exact) mass is 362 g/mol. The van der Waals surface area contributed by atoms with E-state index in [0.29, 0.717) is 37.9 Å². The van der Waals surface area contributed by atoms with E-state index in [0.717, 1.165) is 11.3 Å². The van der Waals surface area contributed by atoms with Crippen LogP contribution >= 0.6 is 12.6 Å². The Labute approximate surface area is 152 Å². The molecule has 0 aliphatic carbocycles. The Bertz CT molecular complexity index is 623. The van der Waals surface area contributed by atoms with Gasteiger partial charge in [-0.15, -0.1) is 0 Å². The molecule has 0 saturated heterocycles.